The largest absolute Gasteiger partial charge is 0.392 e. The molecule has 1 aliphatic carbocycles. The molecule has 0 aromatic heterocycles. The van der Waals surface area contributed by atoms with Crippen molar-refractivity contribution in [1.82, 2.24) is 10.2 Å². The van der Waals surface area contributed by atoms with Crippen molar-refractivity contribution in [2.75, 3.05) is 26.0 Å². The number of nitrogens with zero attached hydrogens (tertiary/aromatic N) is 2. The minimum absolute atomic E-state index is 0.0207. The lowest BCUT2D eigenvalue weighted by molar-refractivity contribution is -0.144. The molecule has 1 aromatic rings. The van der Waals surface area contributed by atoms with Crippen molar-refractivity contribution in [3.05, 3.63) is 64.4 Å². The van der Waals surface area contributed by atoms with Crippen LogP contribution in [0.25, 0.3) is 0 Å². The summed E-state index contributed by atoms with van der Waals surface area (Å²) in [5.41, 5.74) is 2.54. The van der Waals surface area contributed by atoms with Crippen molar-refractivity contribution in [1.29, 1.82) is 0 Å². The van der Waals surface area contributed by atoms with Gasteiger partial charge in [0, 0.05) is 43.5 Å². The first-order chi connectivity index (χ1) is 15.7. The number of nitrogens with one attached hydrogen (secondary N) is 1. The van der Waals surface area contributed by atoms with Crippen LogP contribution in [0.2, 0.25) is 0 Å². The van der Waals surface area contributed by atoms with Gasteiger partial charge in [0.1, 0.15) is 0 Å². The summed E-state index contributed by atoms with van der Waals surface area (Å²) in [6, 6.07) is 5.15. The number of amides is 1. The summed E-state index contributed by atoms with van der Waals surface area (Å²) in [7, 11) is 5.16. The SMILES string of the molecule is CN(C)c1ccc(C2C(CC(F)(F)F)=C3NC(=O)CC3=C3C=C[C@@H](CC(F)(F)F)N(C)[C@@H]32)cc1. The Morgan fingerprint density at radius 1 is 1.06 bits per heavy atom. The van der Waals surface area contributed by atoms with Gasteiger partial charge in [-0.25, -0.2) is 0 Å². The van der Waals surface area contributed by atoms with Crippen LogP contribution in [0.5, 0.6) is 0 Å². The standard InChI is InChI=1S/C24H25F6N3O/c1-32(2)14-6-4-13(5-7-14)20-18(12-24(28,29)30)21-17(10-19(34)31-21)16-9-8-15(11-23(25,26)27)33(3)22(16)20/h4-9,15,20,22H,10-12H2,1-3H3,(H,31,34)/t15-,20?,22-/m0/s1. The summed E-state index contributed by atoms with van der Waals surface area (Å²) in [5.74, 6) is -1.30. The molecule has 1 fully saturated rings. The topological polar surface area (TPSA) is 35.6 Å². The van der Waals surface area contributed by atoms with Gasteiger partial charge < -0.3 is 10.2 Å². The van der Waals surface area contributed by atoms with E-state index in [9.17, 15) is 31.1 Å². The molecule has 2 heterocycles. The highest BCUT2D eigenvalue weighted by atomic mass is 19.4. The molecule has 2 aliphatic heterocycles. The third-order valence-corrected chi connectivity index (χ3v) is 6.64. The van der Waals surface area contributed by atoms with Gasteiger partial charge in [-0.1, -0.05) is 24.3 Å². The summed E-state index contributed by atoms with van der Waals surface area (Å²) >= 11 is 0. The van der Waals surface area contributed by atoms with Gasteiger partial charge >= 0.3 is 12.4 Å². The van der Waals surface area contributed by atoms with Crippen LogP contribution in [0.4, 0.5) is 32.0 Å². The predicted molar refractivity (Wildman–Crippen MR) is 116 cm³/mol. The molecule has 0 radical (unpaired) electrons. The van der Waals surface area contributed by atoms with Crippen molar-refractivity contribution in [3.63, 3.8) is 0 Å². The molecule has 3 atom stereocenters. The third kappa shape index (κ3) is 4.73. The minimum atomic E-state index is -4.56. The van der Waals surface area contributed by atoms with Crippen LogP contribution in [0.15, 0.2) is 58.8 Å². The second-order valence-corrected chi connectivity index (χ2v) is 9.17. The molecule has 3 aliphatic rings. The quantitative estimate of drug-likeness (QED) is 0.606. The molecular weight excluding hydrogens is 460 g/mol. The summed E-state index contributed by atoms with van der Waals surface area (Å²) in [6.07, 6.45) is -8.50. The highest BCUT2D eigenvalue weighted by Gasteiger charge is 2.48. The van der Waals surface area contributed by atoms with Gasteiger partial charge in [0.25, 0.3) is 0 Å². The number of hydrogen-bond donors (Lipinski definition) is 1. The molecule has 0 bridgehead atoms. The van der Waals surface area contributed by atoms with Gasteiger partial charge in [-0.2, -0.15) is 26.3 Å². The predicted octanol–water partition coefficient (Wildman–Crippen LogP) is 5.06. The summed E-state index contributed by atoms with van der Waals surface area (Å²) in [5, 5.41) is 2.60. The second kappa shape index (κ2) is 8.48. The molecule has 4 rings (SSSR count). The number of anilines is 1. The molecule has 34 heavy (non-hydrogen) atoms. The van der Waals surface area contributed by atoms with Crippen molar-refractivity contribution >= 4 is 11.6 Å². The van der Waals surface area contributed by atoms with E-state index in [0.29, 0.717) is 16.7 Å². The fourth-order valence-corrected chi connectivity index (χ4v) is 5.17. The normalized spacial score (nSPS) is 25.4. The van der Waals surface area contributed by atoms with Crippen LogP contribution in [0.3, 0.4) is 0 Å². The number of rotatable bonds is 4. The number of allylic oxidation sites excluding steroid dienone is 1. The van der Waals surface area contributed by atoms with Gasteiger partial charge in [-0.3, -0.25) is 9.69 Å². The van der Waals surface area contributed by atoms with Gasteiger partial charge in [0.05, 0.1) is 19.3 Å². The molecule has 10 heteroatoms. The lowest BCUT2D eigenvalue weighted by Crippen LogP contribution is -2.50. The second-order valence-electron chi connectivity index (χ2n) is 9.17. The molecule has 184 valence electrons. The van der Waals surface area contributed by atoms with Crippen LogP contribution in [-0.2, 0) is 4.79 Å². The van der Waals surface area contributed by atoms with E-state index >= 15 is 0 Å². The molecule has 1 amide bonds. The number of carbonyl (C=O) groups is 1. The minimum Gasteiger partial charge on any atom is -0.378 e. The summed E-state index contributed by atoms with van der Waals surface area (Å²) in [4.78, 5) is 15.6. The Labute approximate surface area is 193 Å². The van der Waals surface area contributed by atoms with E-state index in [0.717, 1.165) is 5.69 Å². The van der Waals surface area contributed by atoms with Crippen LogP contribution >= 0.6 is 0 Å². The smallest absolute Gasteiger partial charge is 0.378 e. The van der Waals surface area contributed by atoms with E-state index in [-0.39, 0.29) is 17.7 Å². The molecule has 1 saturated heterocycles. The Balaban J connectivity index is 1.90. The number of likely N-dealkylation sites (N-methyl/N-ethyl adjacent to an activating group) is 1. The molecule has 0 spiro atoms. The first-order valence-electron chi connectivity index (χ1n) is 10.8. The van der Waals surface area contributed by atoms with Crippen molar-refractivity contribution in [2.24, 2.45) is 0 Å². The van der Waals surface area contributed by atoms with E-state index in [1.54, 1.807) is 30.3 Å². The van der Waals surface area contributed by atoms with Crippen molar-refractivity contribution in [3.8, 4) is 0 Å². The summed E-state index contributed by atoms with van der Waals surface area (Å²) in [6.45, 7) is 0. The molecule has 4 nitrogen and oxygen atoms in total. The lowest BCUT2D eigenvalue weighted by Gasteiger charge is -2.46. The maximum absolute atomic E-state index is 13.7. The van der Waals surface area contributed by atoms with Gasteiger partial charge in [-0.15, -0.1) is 0 Å². The first kappa shape index (κ1) is 24.4. The van der Waals surface area contributed by atoms with Crippen LogP contribution in [0, 0.1) is 0 Å². The molecule has 0 saturated carbocycles. The lowest BCUT2D eigenvalue weighted by atomic mass is 9.71. The zero-order valence-corrected chi connectivity index (χ0v) is 18.9. The Hall–Kier alpha value is -2.75. The number of fused-ring (bicyclic) bond motifs is 2. The van der Waals surface area contributed by atoms with Crippen LogP contribution in [0.1, 0.15) is 30.7 Å². The number of alkyl halides is 6. The number of halogens is 6. The maximum Gasteiger partial charge on any atom is 0.392 e. The Morgan fingerprint density at radius 3 is 2.26 bits per heavy atom. The fourth-order valence-electron chi connectivity index (χ4n) is 5.17. The van der Waals surface area contributed by atoms with Crippen LogP contribution in [-0.4, -0.2) is 56.4 Å². The molecule has 1 unspecified atom stereocenters. The molecular formula is C24H25F6N3O. The van der Waals surface area contributed by atoms with E-state index in [1.165, 1.54) is 18.0 Å². The molecule has 1 N–H and O–H groups in total. The third-order valence-electron chi connectivity index (χ3n) is 6.64. The Kier molecular flexibility index (Phi) is 6.08. The number of carbonyl (C=O) groups excluding carboxylic acids is 1. The average molecular weight is 485 g/mol. The van der Waals surface area contributed by atoms with E-state index in [4.69, 9.17) is 0 Å². The maximum atomic E-state index is 13.7. The van der Waals surface area contributed by atoms with Gasteiger partial charge in [0.2, 0.25) is 5.91 Å². The number of benzene rings is 1. The average Bonchev–Trinajstić information content (AvgIpc) is 3.10. The monoisotopic (exact) mass is 485 g/mol. The van der Waals surface area contributed by atoms with Gasteiger partial charge in [-0.05, 0) is 41.5 Å². The Bertz CT molecular complexity index is 1070. The fraction of sp³-hybridized carbons (Fsp3) is 0.458. The molecule has 1 aromatic carbocycles. The van der Waals surface area contributed by atoms with Gasteiger partial charge in [0.15, 0.2) is 0 Å². The first-order valence-corrected chi connectivity index (χ1v) is 10.8. The van der Waals surface area contributed by atoms with E-state index in [1.807, 2.05) is 19.0 Å². The van der Waals surface area contributed by atoms with Crippen molar-refractivity contribution in [2.45, 2.75) is 49.6 Å². The Morgan fingerprint density at radius 2 is 1.71 bits per heavy atom. The van der Waals surface area contributed by atoms with Crippen LogP contribution < -0.4 is 10.2 Å². The van der Waals surface area contributed by atoms with Crippen molar-refractivity contribution < 1.29 is 31.1 Å². The zero-order chi connectivity index (χ0) is 25.0. The van der Waals surface area contributed by atoms with E-state index in [2.05, 4.69) is 5.32 Å². The van der Waals surface area contributed by atoms with E-state index < -0.39 is 49.1 Å². The summed E-state index contributed by atoms with van der Waals surface area (Å²) < 4.78 is 80.9. The number of hydrogen-bond acceptors (Lipinski definition) is 3. The zero-order valence-electron chi connectivity index (χ0n) is 18.9. The highest BCUT2D eigenvalue weighted by molar-refractivity contribution is 5.89. The highest BCUT2D eigenvalue weighted by Crippen LogP contribution is 2.50.